The van der Waals surface area contributed by atoms with Gasteiger partial charge in [0.25, 0.3) is 0 Å². The maximum Gasteiger partial charge on any atom is 0.125 e. The molecule has 0 amide bonds. The first-order valence-corrected chi connectivity index (χ1v) is 4.00. The van der Waals surface area contributed by atoms with E-state index >= 15 is 0 Å². The lowest BCUT2D eigenvalue weighted by Crippen LogP contribution is -2.29. The van der Waals surface area contributed by atoms with Crippen LogP contribution in [0.25, 0.3) is 0 Å². The zero-order valence-electron chi connectivity index (χ0n) is 7.74. The van der Waals surface area contributed by atoms with Crippen molar-refractivity contribution in [3.05, 3.63) is 24.1 Å². The van der Waals surface area contributed by atoms with E-state index in [4.69, 9.17) is 12.0 Å². The molecule has 0 rings (SSSR count). The van der Waals surface area contributed by atoms with Gasteiger partial charge in [0.15, 0.2) is 0 Å². The van der Waals surface area contributed by atoms with Gasteiger partial charge in [0.05, 0.1) is 0 Å². The van der Waals surface area contributed by atoms with Crippen molar-refractivity contribution in [2.45, 2.75) is 19.8 Å². The van der Waals surface area contributed by atoms with Crippen molar-refractivity contribution in [2.75, 3.05) is 7.05 Å². The van der Waals surface area contributed by atoms with Gasteiger partial charge in [-0.2, -0.15) is 0 Å². The molecule has 0 heterocycles. The molecule has 0 spiro atoms. The highest BCUT2D eigenvalue weighted by Crippen LogP contribution is 2.14. The average Bonchev–Trinajstić information content (AvgIpc) is 2.03. The van der Waals surface area contributed by atoms with E-state index in [2.05, 4.69) is 19.5 Å². The van der Waals surface area contributed by atoms with Crippen LogP contribution in [-0.2, 0) is 4.18 Å². The number of hydrogen-bond acceptors (Lipinski definition) is 3. The molecule has 0 bridgehead atoms. The first-order valence-electron chi connectivity index (χ1n) is 3.63. The minimum atomic E-state index is -0.315. The van der Waals surface area contributed by atoms with Crippen LogP contribution in [0.1, 0.15) is 13.8 Å². The van der Waals surface area contributed by atoms with Crippen LogP contribution in [0.2, 0.25) is 0 Å². The number of hydrogen-bond donors (Lipinski definition) is 1. The molecule has 0 aliphatic heterocycles. The van der Waals surface area contributed by atoms with Crippen molar-refractivity contribution in [2.24, 2.45) is 0 Å². The molecule has 0 aromatic carbocycles. The van der Waals surface area contributed by atoms with Gasteiger partial charge in [0.2, 0.25) is 0 Å². The smallest absolute Gasteiger partial charge is 0.125 e. The summed E-state index contributed by atoms with van der Waals surface area (Å²) in [5.41, 5.74) is 1.01. The van der Waals surface area contributed by atoms with Crippen LogP contribution < -0.4 is 0 Å². The second-order valence-electron chi connectivity index (χ2n) is 2.75. The summed E-state index contributed by atoms with van der Waals surface area (Å²) < 4.78 is 4.86. The van der Waals surface area contributed by atoms with E-state index in [1.54, 1.807) is 11.1 Å². The molecule has 0 aromatic rings. The van der Waals surface area contributed by atoms with Gasteiger partial charge < -0.3 is 9.08 Å². The molecule has 0 N–H and O–H groups in total. The number of nitrogens with zero attached hydrogens (tertiary/aromatic N) is 1. The van der Waals surface area contributed by atoms with Crippen molar-refractivity contribution in [3.8, 4) is 0 Å². The molecule has 1 atom stereocenters. The predicted octanol–water partition coefficient (Wildman–Crippen LogP) is 1.71. The fourth-order valence-electron chi connectivity index (χ4n) is 0.740. The Morgan fingerprint density at radius 2 is 2.17 bits per heavy atom. The summed E-state index contributed by atoms with van der Waals surface area (Å²) in [4.78, 5) is 1.75. The van der Waals surface area contributed by atoms with Crippen LogP contribution in [-0.4, -0.2) is 25.7 Å². The van der Waals surface area contributed by atoms with Crippen LogP contribution in [0, 0.1) is 0 Å². The number of likely N-dealkylation sites (N-methyl/N-ethyl adjacent to an activating group) is 1. The van der Waals surface area contributed by atoms with Gasteiger partial charge in [0, 0.05) is 25.9 Å². The highest BCUT2D eigenvalue weighted by molar-refractivity contribution is 7.75. The fourth-order valence-corrected chi connectivity index (χ4v) is 1.03. The molecule has 4 heteroatoms. The van der Waals surface area contributed by atoms with Gasteiger partial charge in [-0.15, -0.1) is 0 Å². The normalized spacial score (nSPS) is 11.7. The Morgan fingerprint density at radius 3 is 2.42 bits per heavy atom. The Balaban J connectivity index is 4.53. The molecule has 1 unspecified atom stereocenters. The highest BCUT2D eigenvalue weighted by Gasteiger charge is 2.12. The minimum Gasteiger partial charge on any atom is -0.432 e. The minimum absolute atomic E-state index is 0.315. The maximum absolute atomic E-state index is 5.81. The molecule has 0 aliphatic carbocycles. The SMILES string of the molecule is [B]C(C(OS)=C(C)C)N(C)C=C. The monoisotopic (exact) mass is 183 g/mol. The summed E-state index contributed by atoms with van der Waals surface area (Å²) in [6.07, 6.45) is 1.64. The molecule has 66 valence electrons. The van der Waals surface area contributed by atoms with Crippen molar-refractivity contribution >= 4 is 20.8 Å². The van der Waals surface area contributed by atoms with Crippen LogP contribution in [0.3, 0.4) is 0 Å². The summed E-state index contributed by atoms with van der Waals surface area (Å²) in [7, 11) is 7.63. The van der Waals surface area contributed by atoms with E-state index in [1.165, 1.54) is 0 Å². The Kier molecular flexibility index (Phi) is 4.98. The third-order valence-electron chi connectivity index (χ3n) is 1.59. The third-order valence-corrected chi connectivity index (χ3v) is 1.78. The standard InChI is InChI=1S/C8H14BNOS/c1-5-10(4)8(9)7(11-12)6(2)3/h5,8,12H,1H2,2-4H3. The lowest BCUT2D eigenvalue weighted by Gasteiger charge is -2.25. The second-order valence-corrected chi connectivity index (χ2v) is 2.93. The number of thiol groups is 1. The van der Waals surface area contributed by atoms with Crippen molar-refractivity contribution in [1.82, 2.24) is 4.90 Å². The van der Waals surface area contributed by atoms with Gasteiger partial charge in [-0.3, -0.25) is 0 Å². The van der Waals surface area contributed by atoms with Crippen molar-refractivity contribution < 1.29 is 4.18 Å². The van der Waals surface area contributed by atoms with Gasteiger partial charge >= 0.3 is 0 Å². The van der Waals surface area contributed by atoms with Gasteiger partial charge in [-0.1, -0.05) is 6.58 Å². The van der Waals surface area contributed by atoms with E-state index < -0.39 is 0 Å². The lowest BCUT2D eigenvalue weighted by molar-refractivity contribution is 0.360. The Hall–Kier alpha value is -0.505. The van der Waals surface area contributed by atoms with E-state index in [9.17, 15) is 0 Å². The molecular weight excluding hydrogens is 169 g/mol. The Morgan fingerprint density at radius 1 is 1.67 bits per heavy atom. The number of rotatable bonds is 4. The second kappa shape index (κ2) is 5.20. The summed E-state index contributed by atoms with van der Waals surface area (Å²) in [5.74, 6) is 0.339. The van der Waals surface area contributed by atoms with E-state index in [-0.39, 0.29) is 5.94 Å². The molecule has 2 radical (unpaired) electrons. The van der Waals surface area contributed by atoms with Crippen LogP contribution in [0.4, 0.5) is 0 Å². The van der Waals surface area contributed by atoms with E-state index in [0.29, 0.717) is 5.76 Å². The van der Waals surface area contributed by atoms with Gasteiger partial charge in [0.1, 0.15) is 13.6 Å². The highest BCUT2D eigenvalue weighted by atomic mass is 32.1. The maximum atomic E-state index is 5.81. The first kappa shape index (κ1) is 11.5. The molecule has 0 saturated heterocycles. The van der Waals surface area contributed by atoms with Crippen molar-refractivity contribution in [1.29, 1.82) is 0 Å². The summed E-state index contributed by atoms with van der Waals surface area (Å²) in [6, 6.07) is 0. The summed E-state index contributed by atoms with van der Waals surface area (Å²) in [5, 5.41) is 0. The molecule has 0 aromatic heterocycles. The zero-order chi connectivity index (χ0) is 9.72. The quantitative estimate of drug-likeness (QED) is 0.308. The molecule has 2 nitrogen and oxygen atoms in total. The van der Waals surface area contributed by atoms with Crippen molar-refractivity contribution in [3.63, 3.8) is 0 Å². The topological polar surface area (TPSA) is 12.5 Å². The molecule has 0 aliphatic rings. The van der Waals surface area contributed by atoms with Crippen LogP contribution >= 0.6 is 12.9 Å². The molecule has 0 fully saturated rings. The van der Waals surface area contributed by atoms with Gasteiger partial charge in [-0.25, -0.2) is 0 Å². The van der Waals surface area contributed by atoms with Gasteiger partial charge in [-0.05, 0) is 25.6 Å². The first-order chi connectivity index (χ1) is 5.54. The molecular formula is C8H14BNOS. The van der Waals surface area contributed by atoms with E-state index in [1.807, 2.05) is 20.9 Å². The predicted molar refractivity (Wildman–Crippen MR) is 55.9 cm³/mol. The Bertz CT molecular complexity index is 189. The molecule has 12 heavy (non-hydrogen) atoms. The van der Waals surface area contributed by atoms with Crippen LogP contribution in [0.15, 0.2) is 24.1 Å². The van der Waals surface area contributed by atoms with Crippen LogP contribution in [0.5, 0.6) is 0 Å². The largest absolute Gasteiger partial charge is 0.432 e. The summed E-state index contributed by atoms with van der Waals surface area (Å²) in [6.45, 7) is 7.44. The third kappa shape index (κ3) is 2.85. The van der Waals surface area contributed by atoms with E-state index in [0.717, 1.165) is 5.57 Å². The Labute approximate surface area is 81.3 Å². The fraction of sp³-hybridized carbons (Fsp3) is 0.500. The molecule has 0 saturated carbocycles. The lowest BCUT2D eigenvalue weighted by atomic mass is 9.91. The number of allylic oxidation sites excluding steroid dienone is 1. The average molecular weight is 183 g/mol. The summed E-state index contributed by atoms with van der Waals surface area (Å²) >= 11 is 3.73. The zero-order valence-corrected chi connectivity index (χ0v) is 8.64.